The van der Waals surface area contributed by atoms with E-state index >= 15 is 0 Å². The molecule has 20 heavy (non-hydrogen) atoms. The first-order valence-corrected chi connectivity index (χ1v) is 6.44. The topological polar surface area (TPSA) is 62.6 Å². The predicted molar refractivity (Wildman–Crippen MR) is 71.7 cm³/mol. The highest BCUT2D eigenvalue weighted by atomic mass is 16.3. The molecule has 5 heteroatoms. The van der Waals surface area contributed by atoms with Gasteiger partial charge in [0.25, 0.3) is 5.91 Å². The van der Waals surface area contributed by atoms with Gasteiger partial charge in [-0.25, -0.2) is 0 Å². The first-order valence-electron chi connectivity index (χ1n) is 6.44. The van der Waals surface area contributed by atoms with Crippen LogP contribution in [0.25, 0.3) is 0 Å². The molecule has 1 aliphatic rings. The van der Waals surface area contributed by atoms with Gasteiger partial charge in [-0.3, -0.25) is 20.0 Å². The maximum atomic E-state index is 12.0. The first-order chi connectivity index (χ1) is 9.74. The van der Waals surface area contributed by atoms with Gasteiger partial charge in [-0.05, 0) is 24.3 Å². The number of furan rings is 1. The zero-order valence-corrected chi connectivity index (χ0v) is 10.8. The number of hydrazine groups is 1. The maximum Gasteiger partial charge on any atom is 0.269 e. The standard InChI is InChI=1S/C15H14N2O3/c18-14-9-12(13-7-4-8-20-13)10-17(14)16-15(19)11-5-2-1-3-6-11/h1-8,12H,9-10H2,(H,16,19). The molecule has 1 aromatic carbocycles. The molecule has 1 saturated heterocycles. The monoisotopic (exact) mass is 270 g/mol. The van der Waals surface area contributed by atoms with E-state index in [-0.39, 0.29) is 17.7 Å². The molecule has 0 saturated carbocycles. The number of carbonyl (C=O) groups is 2. The molecule has 0 bridgehead atoms. The molecule has 102 valence electrons. The lowest BCUT2D eigenvalue weighted by atomic mass is 10.1. The lowest BCUT2D eigenvalue weighted by molar-refractivity contribution is -0.129. The number of nitrogens with zero attached hydrogens (tertiary/aromatic N) is 1. The molecule has 1 atom stereocenters. The molecule has 2 amide bonds. The van der Waals surface area contributed by atoms with Crippen LogP contribution in [0.1, 0.15) is 28.5 Å². The second kappa shape index (κ2) is 5.21. The van der Waals surface area contributed by atoms with Gasteiger partial charge in [-0.1, -0.05) is 18.2 Å². The molecule has 2 heterocycles. The Bertz CT molecular complexity index is 607. The summed E-state index contributed by atoms with van der Waals surface area (Å²) < 4.78 is 5.31. The van der Waals surface area contributed by atoms with Crippen LogP contribution < -0.4 is 5.43 Å². The van der Waals surface area contributed by atoms with Crippen molar-refractivity contribution in [2.75, 3.05) is 6.54 Å². The Morgan fingerprint density at radius 2 is 2.00 bits per heavy atom. The van der Waals surface area contributed by atoms with Gasteiger partial charge in [-0.15, -0.1) is 0 Å². The lowest BCUT2D eigenvalue weighted by Gasteiger charge is -2.17. The van der Waals surface area contributed by atoms with Crippen LogP contribution in [0.3, 0.4) is 0 Å². The second-order valence-electron chi connectivity index (χ2n) is 4.73. The van der Waals surface area contributed by atoms with Crippen molar-refractivity contribution in [2.24, 2.45) is 0 Å². The predicted octanol–water partition coefficient (Wildman–Crippen LogP) is 1.94. The Labute approximate surface area is 116 Å². The van der Waals surface area contributed by atoms with Crippen molar-refractivity contribution < 1.29 is 14.0 Å². The van der Waals surface area contributed by atoms with Crippen LogP contribution in [0.4, 0.5) is 0 Å². The molecule has 0 spiro atoms. The van der Waals surface area contributed by atoms with Crippen LogP contribution in [0.15, 0.2) is 53.1 Å². The Kier molecular flexibility index (Phi) is 3.25. The Hall–Kier alpha value is -2.56. The lowest BCUT2D eigenvalue weighted by Crippen LogP contribution is -2.43. The van der Waals surface area contributed by atoms with Gasteiger partial charge in [0.05, 0.1) is 12.8 Å². The van der Waals surface area contributed by atoms with Crippen molar-refractivity contribution in [3.63, 3.8) is 0 Å². The zero-order chi connectivity index (χ0) is 13.9. The largest absolute Gasteiger partial charge is 0.469 e. The molecule has 0 aliphatic carbocycles. The quantitative estimate of drug-likeness (QED) is 0.927. The number of hydrogen-bond donors (Lipinski definition) is 1. The van der Waals surface area contributed by atoms with Crippen LogP contribution in [0.2, 0.25) is 0 Å². The van der Waals surface area contributed by atoms with Crippen molar-refractivity contribution >= 4 is 11.8 Å². The Morgan fingerprint density at radius 3 is 2.70 bits per heavy atom. The molecular weight excluding hydrogens is 256 g/mol. The summed E-state index contributed by atoms with van der Waals surface area (Å²) in [4.78, 5) is 23.9. The Balaban J connectivity index is 1.67. The summed E-state index contributed by atoms with van der Waals surface area (Å²) in [5, 5.41) is 1.36. The minimum atomic E-state index is -0.279. The number of rotatable bonds is 3. The molecule has 1 aromatic heterocycles. The number of nitrogens with one attached hydrogen (secondary N) is 1. The highest BCUT2D eigenvalue weighted by Gasteiger charge is 2.33. The summed E-state index contributed by atoms with van der Waals surface area (Å²) in [6.07, 6.45) is 1.94. The van der Waals surface area contributed by atoms with E-state index in [0.717, 1.165) is 5.76 Å². The number of benzene rings is 1. The summed E-state index contributed by atoms with van der Waals surface area (Å²) >= 11 is 0. The number of hydrogen-bond acceptors (Lipinski definition) is 3. The fourth-order valence-corrected chi connectivity index (χ4v) is 2.31. The average molecular weight is 270 g/mol. The molecule has 5 nitrogen and oxygen atoms in total. The van der Waals surface area contributed by atoms with E-state index in [9.17, 15) is 9.59 Å². The Morgan fingerprint density at radius 1 is 1.20 bits per heavy atom. The summed E-state index contributed by atoms with van der Waals surface area (Å²) in [5.74, 6) is 0.387. The number of carbonyl (C=O) groups excluding carboxylic acids is 2. The second-order valence-corrected chi connectivity index (χ2v) is 4.73. The van der Waals surface area contributed by atoms with Crippen molar-refractivity contribution in [1.29, 1.82) is 0 Å². The van der Waals surface area contributed by atoms with Gasteiger partial charge in [-0.2, -0.15) is 0 Å². The van der Waals surface area contributed by atoms with E-state index < -0.39 is 0 Å². The smallest absolute Gasteiger partial charge is 0.269 e. The van der Waals surface area contributed by atoms with E-state index in [1.165, 1.54) is 5.01 Å². The van der Waals surface area contributed by atoms with Crippen LogP contribution >= 0.6 is 0 Å². The van der Waals surface area contributed by atoms with Crippen molar-refractivity contribution in [2.45, 2.75) is 12.3 Å². The molecule has 0 radical (unpaired) electrons. The molecule has 1 fully saturated rings. The summed E-state index contributed by atoms with van der Waals surface area (Å²) in [6, 6.07) is 12.5. The van der Waals surface area contributed by atoms with E-state index in [1.54, 1.807) is 36.6 Å². The third kappa shape index (κ3) is 2.42. The fraction of sp³-hybridized carbons (Fsp3) is 0.200. The summed E-state index contributed by atoms with van der Waals surface area (Å²) in [6.45, 7) is 0.435. The zero-order valence-electron chi connectivity index (χ0n) is 10.8. The van der Waals surface area contributed by atoms with Gasteiger partial charge in [0.15, 0.2) is 0 Å². The summed E-state index contributed by atoms with van der Waals surface area (Å²) in [7, 11) is 0. The van der Waals surface area contributed by atoms with Gasteiger partial charge in [0.2, 0.25) is 5.91 Å². The third-order valence-corrected chi connectivity index (χ3v) is 3.34. The molecule has 1 unspecified atom stereocenters. The van der Waals surface area contributed by atoms with E-state index in [4.69, 9.17) is 4.42 Å². The van der Waals surface area contributed by atoms with Crippen LogP contribution in [0, 0.1) is 0 Å². The van der Waals surface area contributed by atoms with Gasteiger partial charge in [0, 0.05) is 17.9 Å². The van der Waals surface area contributed by atoms with Crippen molar-refractivity contribution in [1.82, 2.24) is 10.4 Å². The fourth-order valence-electron chi connectivity index (χ4n) is 2.31. The normalized spacial score (nSPS) is 18.3. The first kappa shape index (κ1) is 12.5. The third-order valence-electron chi connectivity index (χ3n) is 3.34. The average Bonchev–Trinajstić information content (AvgIpc) is 3.10. The molecule has 1 N–H and O–H groups in total. The van der Waals surface area contributed by atoms with Gasteiger partial charge < -0.3 is 4.42 Å². The molecule has 1 aliphatic heterocycles. The van der Waals surface area contributed by atoms with Crippen LogP contribution in [0.5, 0.6) is 0 Å². The summed E-state index contributed by atoms with van der Waals surface area (Å²) in [5.41, 5.74) is 3.17. The highest BCUT2D eigenvalue weighted by Crippen LogP contribution is 2.27. The van der Waals surface area contributed by atoms with E-state index in [0.29, 0.717) is 18.5 Å². The number of amides is 2. The SMILES string of the molecule is O=C(NN1CC(c2ccco2)CC1=O)c1ccccc1. The van der Waals surface area contributed by atoms with Crippen molar-refractivity contribution in [3.8, 4) is 0 Å². The maximum absolute atomic E-state index is 12.0. The van der Waals surface area contributed by atoms with Crippen LogP contribution in [-0.4, -0.2) is 23.4 Å². The molecule has 3 rings (SSSR count). The minimum absolute atomic E-state index is 0.00595. The highest BCUT2D eigenvalue weighted by molar-refractivity contribution is 5.95. The van der Waals surface area contributed by atoms with E-state index in [1.807, 2.05) is 12.1 Å². The molecular formula is C15H14N2O3. The molecule has 2 aromatic rings. The van der Waals surface area contributed by atoms with E-state index in [2.05, 4.69) is 5.43 Å². The van der Waals surface area contributed by atoms with Gasteiger partial charge >= 0.3 is 0 Å². The van der Waals surface area contributed by atoms with Crippen LogP contribution in [-0.2, 0) is 4.79 Å². The minimum Gasteiger partial charge on any atom is -0.469 e. The van der Waals surface area contributed by atoms with Crippen molar-refractivity contribution in [3.05, 3.63) is 60.1 Å². The van der Waals surface area contributed by atoms with Gasteiger partial charge in [0.1, 0.15) is 5.76 Å².